The van der Waals surface area contributed by atoms with Gasteiger partial charge in [0.25, 0.3) is 0 Å². The summed E-state index contributed by atoms with van der Waals surface area (Å²) in [5.41, 5.74) is 0. The first-order valence-electron chi connectivity index (χ1n) is 25.6. The van der Waals surface area contributed by atoms with Gasteiger partial charge in [-0.15, -0.1) is 0 Å². The molecule has 6 nitrogen and oxygen atoms in total. The summed E-state index contributed by atoms with van der Waals surface area (Å²) in [5, 5.41) is 0. The van der Waals surface area contributed by atoms with Crippen LogP contribution in [0.3, 0.4) is 0 Å². The number of carbonyl (C=O) groups excluding carboxylic acids is 3. The summed E-state index contributed by atoms with van der Waals surface area (Å²) in [7, 11) is 0. The van der Waals surface area contributed by atoms with Gasteiger partial charge >= 0.3 is 17.9 Å². The summed E-state index contributed by atoms with van der Waals surface area (Å²) in [6.45, 7) is 6.21. The number of ether oxygens (including phenoxy) is 3. The SMILES string of the molecule is CC/C=C/C=C/C=C/CCCCCCCC(=O)OCC(COC(=O)CCCCCCCC/C=C/C/C=C/C/C=C/C/C=C/CC)OC(=O)CCCCCC/C=C/C/C=C/C/C=C/CC. The average Bonchev–Trinajstić information content (AvgIpc) is 3.29. The van der Waals surface area contributed by atoms with Gasteiger partial charge in [0.15, 0.2) is 6.10 Å². The van der Waals surface area contributed by atoms with E-state index < -0.39 is 6.10 Å². The number of hydrogen-bond donors (Lipinski definition) is 0. The van der Waals surface area contributed by atoms with Crippen molar-refractivity contribution in [3.63, 3.8) is 0 Å². The van der Waals surface area contributed by atoms with Crippen LogP contribution in [0.25, 0.3) is 0 Å². The third kappa shape index (κ3) is 48.8. The number of esters is 3. The lowest BCUT2D eigenvalue weighted by molar-refractivity contribution is -0.167. The second-order valence-electron chi connectivity index (χ2n) is 16.3. The van der Waals surface area contributed by atoms with Crippen LogP contribution in [0.5, 0.6) is 0 Å². The van der Waals surface area contributed by atoms with Crippen molar-refractivity contribution in [1.29, 1.82) is 0 Å². The third-order valence-corrected chi connectivity index (χ3v) is 10.3. The van der Waals surface area contributed by atoms with Crippen LogP contribution in [-0.2, 0) is 28.6 Å². The molecule has 0 aliphatic heterocycles. The van der Waals surface area contributed by atoms with Gasteiger partial charge in [-0.05, 0) is 109 Å². The highest BCUT2D eigenvalue weighted by Crippen LogP contribution is 2.13. The fourth-order valence-corrected chi connectivity index (χ4v) is 6.50. The van der Waals surface area contributed by atoms with E-state index in [2.05, 4.69) is 142 Å². The molecular formula is C58H92O6. The van der Waals surface area contributed by atoms with Gasteiger partial charge in [0.2, 0.25) is 0 Å². The quantitative estimate of drug-likeness (QED) is 0.0199. The summed E-state index contributed by atoms with van der Waals surface area (Å²) in [4.78, 5) is 38.0. The minimum Gasteiger partial charge on any atom is -0.462 e. The van der Waals surface area contributed by atoms with Crippen molar-refractivity contribution in [3.8, 4) is 0 Å². The predicted molar refractivity (Wildman–Crippen MR) is 274 cm³/mol. The van der Waals surface area contributed by atoms with Crippen LogP contribution in [0, 0.1) is 0 Å². The van der Waals surface area contributed by atoms with Crippen LogP contribution < -0.4 is 0 Å². The zero-order valence-corrected chi connectivity index (χ0v) is 41.0. The predicted octanol–water partition coefficient (Wildman–Crippen LogP) is 16.9. The lowest BCUT2D eigenvalue weighted by atomic mass is 10.1. The Balaban J connectivity index is 4.47. The number of hydrogen-bond acceptors (Lipinski definition) is 6. The van der Waals surface area contributed by atoms with Gasteiger partial charge < -0.3 is 14.2 Å². The second kappa shape index (κ2) is 51.4. The van der Waals surface area contributed by atoms with Crippen molar-refractivity contribution < 1.29 is 28.6 Å². The number of rotatable bonds is 44. The normalized spacial score (nSPS) is 13.1. The van der Waals surface area contributed by atoms with E-state index in [4.69, 9.17) is 14.2 Å². The molecule has 0 aliphatic rings. The Morgan fingerprint density at radius 2 is 0.641 bits per heavy atom. The molecule has 0 heterocycles. The van der Waals surface area contributed by atoms with E-state index in [0.29, 0.717) is 12.8 Å². The molecule has 0 N–H and O–H groups in total. The summed E-state index contributed by atoms with van der Waals surface area (Å²) < 4.78 is 16.7. The fourth-order valence-electron chi connectivity index (χ4n) is 6.50. The molecule has 1 atom stereocenters. The van der Waals surface area contributed by atoms with Crippen molar-refractivity contribution >= 4 is 17.9 Å². The smallest absolute Gasteiger partial charge is 0.306 e. The largest absolute Gasteiger partial charge is 0.462 e. The Bertz CT molecular complexity index is 1390. The standard InChI is InChI=1S/C58H92O6/c1-4-7-10-13-16-19-22-25-27-28-29-30-31-34-36-39-42-45-48-51-57(60)63-54-55(53-62-56(59)50-47-44-41-38-35-32-24-21-18-15-12-9-6-3)64-58(61)52-49-46-43-40-37-33-26-23-20-17-14-11-8-5-2/h7-12,15-21,24-27,29-30,33,55H,4-6,13-14,22-23,28,31-32,34-54H2,1-3H3/b10-7+,11-8+,12-9+,18-15+,19-16+,20-17+,24-21+,27-25+,30-29+,33-26+. The highest BCUT2D eigenvalue weighted by molar-refractivity contribution is 5.71. The molecule has 0 saturated carbocycles. The zero-order valence-electron chi connectivity index (χ0n) is 41.0. The van der Waals surface area contributed by atoms with E-state index >= 15 is 0 Å². The van der Waals surface area contributed by atoms with Gasteiger partial charge in [-0.1, -0.05) is 200 Å². The van der Waals surface area contributed by atoms with Gasteiger partial charge in [0.05, 0.1) is 0 Å². The second-order valence-corrected chi connectivity index (χ2v) is 16.3. The van der Waals surface area contributed by atoms with Crippen molar-refractivity contribution in [1.82, 2.24) is 0 Å². The molecule has 0 fully saturated rings. The maximum absolute atomic E-state index is 12.8. The molecule has 1 unspecified atom stereocenters. The first-order valence-corrected chi connectivity index (χ1v) is 25.6. The fraction of sp³-hybridized carbons (Fsp3) is 0.603. The maximum Gasteiger partial charge on any atom is 0.306 e. The van der Waals surface area contributed by atoms with Crippen molar-refractivity contribution in [3.05, 3.63) is 122 Å². The molecule has 0 aromatic rings. The molecule has 0 radical (unpaired) electrons. The van der Waals surface area contributed by atoms with Crippen LogP contribution in [-0.4, -0.2) is 37.2 Å². The van der Waals surface area contributed by atoms with Crippen LogP contribution in [0.2, 0.25) is 0 Å². The Morgan fingerprint density at radius 1 is 0.328 bits per heavy atom. The van der Waals surface area contributed by atoms with E-state index in [1.165, 1.54) is 12.8 Å². The van der Waals surface area contributed by atoms with Gasteiger partial charge in [0.1, 0.15) is 13.2 Å². The Labute approximate surface area is 392 Å². The molecule has 0 spiro atoms. The molecule has 0 aromatic heterocycles. The Kier molecular flexibility index (Phi) is 48.1. The van der Waals surface area contributed by atoms with Crippen LogP contribution in [0.1, 0.15) is 207 Å². The van der Waals surface area contributed by atoms with Crippen LogP contribution in [0.4, 0.5) is 0 Å². The Hall–Kier alpha value is -4.19. The number of unbranched alkanes of at least 4 members (excludes halogenated alkanes) is 15. The van der Waals surface area contributed by atoms with E-state index in [1.54, 1.807) is 0 Å². The number of allylic oxidation sites excluding steroid dienone is 20. The highest BCUT2D eigenvalue weighted by atomic mass is 16.6. The first-order chi connectivity index (χ1) is 31.5. The van der Waals surface area contributed by atoms with Crippen molar-refractivity contribution in [2.24, 2.45) is 0 Å². The van der Waals surface area contributed by atoms with E-state index in [-0.39, 0.29) is 37.5 Å². The Morgan fingerprint density at radius 3 is 1.05 bits per heavy atom. The molecule has 0 amide bonds. The van der Waals surface area contributed by atoms with Crippen molar-refractivity contribution in [2.45, 2.75) is 213 Å². The van der Waals surface area contributed by atoms with Gasteiger partial charge in [0, 0.05) is 19.3 Å². The number of carbonyl (C=O) groups is 3. The summed E-state index contributed by atoms with van der Waals surface area (Å²) in [5.74, 6) is -0.970. The summed E-state index contributed by atoms with van der Waals surface area (Å²) in [6, 6.07) is 0. The minimum atomic E-state index is -0.807. The first kappa shape index (κ1) is 59.8. The van der Waals surface area contributed by atoms with Gasteiger partial charge in [-0.25, -0.2) is 0 Å². The summed E-state index contributed by atoms with van der Waals surface area (Å²) >= 11 is 0. The molecule has 0 bridgehead atoms. The van der Waals surface area contributed by atoms with Gasteiger partial charge in [-0.2, -0.15) is 0 Å². The van der Waals surface area contributed by atoms with Crippen molar-refractivity contribution in [2.75, 3.05) is 13.2 Å². The average molecular weight is 885 g/mol. The topological polar surface area (TPSA) is 78.9 Å². The summed E-state index contributed by atoms with van der Waals surface area (Å²) in [6.07, 6.45) is 70.4. The van der Waals surface area contributed by atoms with Crippen LogP contribution in [0.15, 0.2) is 122 Å². The lowest BCUT2D eigenvalue weighted by Crippen LogP contribution is -2.30. The lowest BCUT2D eigenvalue weighted by Gasteiger charge is -2.18. The van der Waals surface area contributed by atoms with E-state index in [1.807, 2.05) is 0 Å². The monoisotopic (exact) mass is 885 g/mol. The minimum absolute atomic E-state index is 0.105. The third-order valence-electron chi connectivity index (χ3n) is 10.3. The highest BCUT2D eigenvalue weighted by Gasteiger charge is 2.19. The zero-order chi connectivity index (χ0) is 46.5. The van der Waals surface area contributed by atoms with Crippen LogP contribution >= 0.6 is 0 Å². The van der Waals surface area contributed by atoms with E-state index in [0.717, 1.165) is 154 Å². The van der Waals surface area contributed by atoms with E-state index in [9.17, 15) is 14.4 Å². The molecule has 0 aliphatic carbocycles. The molecule has 6 heteroatoms. The van der Waals surface area contributed by atoms with Gasteiger partial charge in [-0.3, -0.25) is 14.4 Å². The molecule has 360 valence electrons. The molecule has 64 heavy (non-hydrogen) atoms. The molecular weight excluding hydrogens is 793 g/mol. The molecule has 0 aromatic carbocycles. The maximum atomic E-state index is 12.8. The molecule has 0 saturated heterocycles. The molecule has 0 rings (SSSR count).